The molecule has 2 aromatic rings. The molecule has 1 unspecified atom stereocenters. The normalized spacial score (nSPS) is 11.4. The Bertz CT molecular complexity index is 652. The van der Waals surface area contributed by atoms with E-state index in [1.54, 1.807) is 25.3 Å². The minimum atomic E-state index is -0.642. The highest BCUT2D eigenvalue weighted by atomic mass is 16.5. The van der Waals surface area contributed by atoms with E-state index >= 15 is 0 Å². The van der Waals surface area contributed by atoms with Crippen LogP contribution in [-0.4, -0.2) is 19.2 Å². The van der Waals surface area contributed by atoms with Gasteiger partial charge in [-0.1, -0.05) is 6.07 Å². The summed E-state index contributed by atoms with van der Waals surface area (Å²) in [5.74, 6) is 0.459. The summed E-state index contributed by atoms with van der Waals surface area (Å²) in [5.41, 5.74) is 1.07. The number of nitriles is 1. The van der Waals surface area contributed by atoms with Crippen LogP contribution in [0, 0.1) is 16.5 Å². The molecular formula is C14H13N3O3. The van der Waals surface area contributed by atoms with Gasteiger partial charge in [-0.05, 0) is 17.7 Å². The Kier molecular flexibility index (Phi) is 4.01. The van der Waals surface area contributed by atoms with E-state index in [-0.39, 0.29) is 0 Å². The van der Waals surface area contributed by atoms with Crippen LogP contribution in [0.15, 0.2) is 36.8 Å². The third kappa shape index (κ3) is 2.62. The number of ether oxygens (including phenoxy) is 2. The number of rotatable bonds is 4. The van der Waals surface area contributed by atoms with Gasteiger partial charge in [0, 0.05) is 0 Å². The minimum Gasteiger partial charge on any atom is -0.619 e. The summed E-state index contributed by atoms with van der Waals surface area (Å²) < 4.78 is 11.0. The molecule has 0 aliphatic heterocycles. The zero-order valence-corrected chi connectivity index (χ0v) is 11.1. The molecule has 0 N–H and O–H groups in total. The Balaban J connectivity index is 2.45. The van der Waals surface area contributed by atoms with E-state index < -0.39 is 5.92 Å². The van der Waals surface area contributed by atoms with Gasteiger partial charge in [-0.2, -0.15) is 9.99 Å². The van der Waals surface area contributed by atoms with Crippen molar-refractivity contribution in [1.82, 2.24) is 4.98 Å². The summed E-state index contributed by atoms with van der Waals surface area (Å²) in [6, 6.07) is 7.31. The van der Waals surface area contributed by atoms with Gasteiger partial charge in [0.2, 0.25) is 6.20 Å². The van der Waals surface area contributed by atoms with Crippen LogP contribution in [0.2, 0.25) is 0 Å². The van der Waals surface area contributed by atoms with E-state index in [0.717, 1.165) is 0 Å². The molecule has 0 fully saturated rings. The average molecular weight is 271 g/mol. The van der Waals surface area contributed by atoms with Gasteiger partial charge in [-0.15, -0.1) is 0 Å². The molecule has 20 heavy (non-hydrogen) atoms. The topological polar surface area (TPSA) is 82.1 Å². The van der Waals surface area contributed by atoms with Crippen molar-refractivity contribution in [3.8, 4) is 17.6 Å². The molecule has 0 saturated heterocycles. The van der Waals surface area contributed by atoms with Crippen molar-refractivity contribution in [3.63, 3.8) is 0 Å². The molecule has 2 rings (SSSR count). The highest BCUT2D eigenvalue weighted by Gasteiger charge is 2.19. The van der Waals surface area contributed by atoms with E-state index in [4.69, 9.17) is 9.47 Å². The third-order valence-corrected chi connectivity index (χ3v) is 2.86. The Hall–Kier alpha value is -2.81. The van der Waals surface area contributed by atoms with Crippen LogP contribution in [0.5, 0.6) is 11.5 Å². The predicted molar refractivity (Wildman–Crippen MR) is 70.2 cm³/mol. The molecule has 6 nitrogen and oxygen atoms in total. The first kappa shape index (κ1) is 13.6. The lowest BCUT2D eigenvalue weighted by Gasteiger charge is -2.12. The molecular weight excluding hydrogens is 258 g/mol. The Morgan fingerprint density at radius 3 is 2.65 bits per heavy atom. The standard InChI is InChI=1S/C14H13N3O3/c1-19-13-4-3-10(7-14(13)20-2)11(8-15)12-9-17(18)6-5-16-12/h3-7,9,11H,1-2H3. The monoisotopic (exact) mass is 271 g/mol. The van der Waals surface area contributed by atoms with E-state index in [2.05, 4.69) is 11.1 Å². The van der Waals surface area contributed by atoms with Crippen LogP contribution in [0.25, 0.3) is 0 Å². The van der Waals surface area contributed by atoms with Crippen LogP contribution in [-0.2, 0) is 0 Å². The number of aromatic nitrogens is 2. The van der Waals surface area contributed by atoms with Crippen LogP contribution in [0.1, 0.15) is 17.2 Å². The number of methoxy groups -OCH3 is 2. The van der Waals surface area contributed by atoms with Crippen molar-refractivity contribution in [2.45, 2.75) is 5.92 Å². The van der Waals surface area contributed by atoms with E-state index in [1.165, 1.54) is 25.7 Å². The molecule has 102 valence electrons. The van der Waals surface area contributed by atoms with Crippen molar-refractivity contribution in [2.24, 2.45) is 0 Å². The lowest BCUT2D eigenvalue weighted by Crippen LogP contribution is -2.26. The van der Waals surface area contributed by atoms with Crippen LogP contribution in [0.4, 0.5) is 0 Å². The van der Waals surface area contributed by atoms with Gasteiger partial charge in [0.05, 0.1) is 26.5 Å². The SMILES string of the molecule is COc1ccc(C(C#N)c2c[n+]([O-])ccn2)cc1OC. The molecule has 0 spiro atoms. The summed E-state index contributed by atoms with van der Waals surface area (Å²) >= 11 is 0. The van der Waals surface area contributed by atoms with Gasteiger partial charge in [0.1, 0.15) is 11.6 Å². The van der Waals surface area contributed by atoms with E-state index in [1.807, 2.05) is 0 Å². The number of hydrogen-bond acceptors (Lipinski definition) is 5. The maximum Gasteiger partial charge on any atom is 0.203 e. The molecule has 6 heteroatoms. The van der Waals surface area contributed by atoms with Gasteiger partial charge in [-0.3, -0.25) is 0 Å². The fourth-order valence-electron chi connectivity index (χ4n) is 1.88. The van der Waals surface area contributed by atoms with Crippen molar-refractivity contribution in [1.29, 1.82) is 5.26 Å². The Morgan fingerprint density at radius 2 is 2.05 bits per heavy atom. The van der Waals surface area contributed by atoms with Crippen molar-refractivity contribution in [2.75, 3.05) is 14.2 Å². The van der Waals surface area contributed by atoms with Gasteiger partial charge in [-0.25, -0.2) is 4.98 Å². The van der Waals surface area contributed by atoms with Crippen molar-refractivity contribution < 1.29 is 14.2 Å². The summed E-state index contributed by atoms with van der Waals surface area (Å²) in [5, 5.41) is 20.6. The molecule has 1 atom stereocenters. The van der Waals surface area contributed by atoms with E-state index in [9.17, 15) is 10.5 Å². The smallest absolute Gasteiger partial charge is 0.203 e. The van der Waals surface area contributed by atoms with Gasteiger partial charge < -0.3 is 14.7 Å². The highest BCUT2D eigenvalue weighted by Crippen LogP contribution is 2.32. The van der Waals surface area contributed by atoms with Gasteiger partial charge >= 0.3 is 0 Å². The fourth-order valence-corrected chi connectivity index (χ4v) is 1.88. The molecule has 0 aliphatic carbocycles. The predicted octanol–water partition coefficient (Wildman–Crippen LogP) is 1.39. The maximum absolute atomic E-state index is 11.3. The summed E-state index contributed by atoms with van der Waals surface area (Å²) in [7, 11) is 3.06. The molecule has 1 aromatic heterocycles. The van der Waals surface area contributed by atoms with Crippen molar-refractivity contribution in [3.05, 3.63) is 53.3 Å². The van der Waals surface area contributed by atoms with Crippen LogP contribution < -0.4 is 14.2 Å². The quantitative estimate of drug-likeness (QED) is 0.620. The summed E-state index contributed by atoms with van der Waals surface area (Å²) in [6.45, 7) is 0. The zero-order chi connectivity index (χ0) is 14.5. The first-order valence-electron chi connectivity index (χ1n) is 5.86. The first-order valence-corrected chi connectivity index (χ1v) is 5.86. The summed E-state index contributed by atoms with van der Waals surface area (Å²) in [6.07, 6.45) is 3.92. The second-order valence-corrected chi connectivity index (χ2v) is 4.02. The maximum atomic E-state index is 11.3. The molecule has 0 amide bonds. The second kappa shape index (κ2) is 5.89. The number of hydrogen-bond donors (Lipinski definition) is 0. The number of nitrogens with zero attached hydrogens (tertiary/aromatic N) is 3. The molecule has 0 saturated carbocycles. The largest absolute Gasteiger partial charge is 0.619 e. The molecule has 0 radical (unpaired) electrons. The van der Waals surface area contributed by atoms with Crippen molar-refractivity contribution >= 4 is 0 Å². The van der Waals surface area contributed by atoms with Crippen LogP contribution >= 0.6 is 0 Å². The lowest BCUT2D eigenvalue weighted by atomic mass is 9.97. The second-order valence-electron chi connectivity index (χ2n) is 4.02. The van der Waals surface area contributed by atoms with E-state index in [0.29, 0.717) is 27.5 Å². The lowest BCUT2D eigenvalue weighted by molar-refractivity contribution is -0.606. The fraction of sp³-hybridized carbons (Fsp3) is 0.214. The third-order valence-electron chi connectivity index (χ3n) is 2.86. The molecule has 1 aromatic carbocycles. The average Bonchev–Trinajstić information content (AvgIpc) is 2.48. The first-order chi connectivity index (χ1) is 9.69. The molecule has 0 bridgehead atoms. The Morgan fingerprint density at radius 1 is 1.30 bits per heavy atom. The molecule has 0 aliphatic rings. The molecule has 1 heterocycles. The van der Waals surface area contributed by atoms with Gasteiger partial charge in [0.25, 0.3) is 0 Å². The Labute approximate surface area is 116 Å². The number of benzene rings is 1. The highest BCUT2D eigenvalue weighted by molar-refractivity contribution is 5.46. The van der Waals surface area contributed by atoms with Gasteiger partial charge in [0.15, 0.2) is 17.7 Å². The minimum absolute atomic E-state index is 0.386. The zero-order valence-electron chi connectivity index (χ0n) is 11.1. The summed E-state index contributed by atoms with van der Waals surface area (Å²) in [4.78, 5) is 4.07. The van der Waals surface area contributed by atoms with Crippen LogP contribution in [0.3, 0.4) is 0 Å².